The number of nitrogens with zero attached hydrogens (tertiary/aromatic N) is 1. The maximum atomic E-state index is 2.42. The number of hydrogen-bond donors (Lipinski definition) is 0. The Kier molecular flexibility index (Phi) is 4.93. The minimum atomic E-state index is -0.0581. The average Bonchev–Trinajstić information content (AvgIpc) is 3.46. The standard InChI is InChI=1S/C39H29N/c1-39(2)35-17-8-6-13-31(35)34-16-10-15-30(38(34)39)28-21-24-33-32-14-7-9-18-36(32)40(37(33)25-28)29-22-19-27(20-23-29)26-11-4-3-5-12-26/h3-25H,1-2H3. The van der Waals surface area contributed by atoms with Crippen LogP contribution in [0.15, 0.2) is 140 Å². The first kappa shape index (κ1) is 23.0. The van der Waals surface area contributed by atoms with Crippen LogP contribution < -0.4 is 0 Å². The number of benzene rings is 6. The summed E-state index contributed by atoms with van der Waals surface area (Å²) in [5, 5.41) is 2.56. The lowest BCUT2D eigenvalue weighted by atomic mass is 9.79. The van der Waals surface area contributed by atoms with Crippen molar-refractivity contribution < 1.29 is 0 Å². The van der Waals surface area contributed by atoms with Gasteiger partial charge < -0.3 is 4.57 Å². The zero-order valence-corrected chi connectivity index (χ0v) is 22.7. The van der Waals surface area contributed by atoms with Gasteiger partial charge in [0.25, 0.3) is 0 Å². The van der Waals surface area contributed by atoms with Gasteiger partial charge in [-0.15, -0.1) is 0 Å². The quantitative estimate of drug-likeness (QED) is 0.222. The fourth-order valence-electron chi connectivity index (χ4n) is 6.94. The molecule has 0 unspecified atom stereocenters. The van der Waals surface area contributed by atoms with Crippen LogP contribution >= 0.6 is 0 Å². The molecule has 1 aromatic heterocycles. The molecule has 0 saturated carbocycles. The molecule has 0 N–H and O–H groups in total. The van der Waals surface area contributed by atoms with E-state index in [0.717, 1.165) is 0 Å². The molecule has 1 aliphatic rings. The third kappa shape index (κ3) is 3.28. The molecule has 6 aromatic carbocycles. The molecular weight excluding hydrogens is 482 g/mol. The number of hydrogen-bond acceptors (Lipinski definition) is 0. The van der Waals surface area contributed by atoms with Gasteiger partial charge in [-0.3, -0.25) is 0 Å². The van der Waals surface area contributed by atoms with E-state index in [-0.39, 0.29) is 5.41 Å². The second kappa shape index (κ2) is 8.56. The number of aromatic nitrogens is 1. The van der Waals surface area contributed by atoms with Crippen molar-refractivity contribution in [3.05, 3.63) is 151 Å². The van der Waals surface area contributed by atoms with Crippen molar-refractivity contribution in [2.45, 2.75) is 19.3 Å². The van der Waals surface area contributed by atoms with E-state index in [1.807, 2.05) is 0 Å². The summed E-state index contributed by atoms with van der Waals surface area (Å²) in [6.07, 6.45) is 0. The lowest BCUT2D eigenvalue weighted by Crippen LogP contribution is -2.16. The molecule has 0 spiro atoms. The predicted molar refractivity (Wildman–Crippen MR) is 169 cm³/mol. The Morgan fingerprint density at radius 3 is 1.93 bits per heavy atom. The van der Waals surface area contributed by atoms with E-state index in [1.165, 1.54) is 72.0 Å². The maximum absolute atomic E-state index is 2.42. The fraction of sp³-hybridized carbons (Fsp3) is 0.0769. The predicted octanol–water partition coefficient (Wildman–Crippen LogP) is 10.4. The Morgan fingerprint density at radius 2 is 1.07 bits per heavy atom. The van der Waals surface area contributed by atoms with Gasteiger partial charge >= 0.3 is 0 Å². The molecule has 0 amide bonds. The van der Waals surface area contributed by atoms with Crippen molar-refractivity contribution in [2.75, 3.05) is 0 Å². The lowest BCUT2D eigenvalue weighted by Gasteiger charge is -2.24. The molecular formula is C39H29N. The van der Waals surface area contributed by atoms with E-state index < -0.39 is 0 Å². The Hall–Kier alpha value is -4.88. The first-order chi connectivity index (χ1) is 19.6. The van der Waals surface area contributed by atoms with Gasteiger partial charge in [-0.2, -0.15) is 0 Å². The van der Waals surface area contributed by atoms with E-state index in [2.05, 4.69) is 158 Å². The molecule has 0 atom stereocenters. The second-order valence-corrected chi connectivity index (χ2v) is 11.4. The summed E-state index contributed by atoms with van der Waals surface area (Å²) in [5.41, 5.74) is 14.2. The van der Waals surface area contributed by atoms with Gasteiger partial charge in [0.15, 0.2) is 0 Å². The van der Waals surface area contributed by atoms with Crippen LogP contribution in [0.5, 0.6) is 0 Å². The molecule has 8 rings (SSSR count). The highest BCUT2D eigenvalue weighted by Gasteiger charge is 2.37. The van der Waals surface area contributed by atoms with Crippen LogP contribution in [0, 0.1) is 0 Å². The SMILES string of the molecule is CC1(C)c2ccccc2-c2cccc(-c3ccc4c5ccccc5n(-c5ccc(-c6ccccc6)cc5)c4c3)c21. The Morgan fingerprint density at radius 1 is 0.450 bits per heavy atom. The van der Waals surface area contributed by atoms with Crippen LogP contribution in [0.4, 0.5) is 0 Å². The van der Waals surface area contributed by atoms with Gasteiger partial charge in [0.2, 0.25) is 0 Å². The van der Waals surface area contributed by atoms with E-state index in [9.17, 15) is 0 Å². The van der Waals surface area contributed by atoms with Gasteiger partial charge in [-0.05, 0) is 68.8 Å². The zero-order valence-electron chi connectivity index (χ0n) is 22.7. The monoisotopic (exact) mass is 511 g/mol. The van der Waals surface area contributed by atoms with Crippen LogP contribution in [0.3, 0.4) is 0 Å². The first-order valence-corrected chi connectivity index (χ1v) is 14.0. The normalized spacial score (nSPS) is 13.4. The van der Waals surface area contributed by atoms with Gasteiger partial charge in [0, 0.05) is 21.9 Å². The minimum absolute atomic E-state index is 0.0581. The van der Waals surface area contributed by atoms with E-state index >= 15 is 0 Å². The lowest BCUT2D eigenvalue weighted by molar-refractivity contribution is 0.662. The minimum Gasteiger partial charge on any atom is -0.309 e. The Balaban J connectivity index is 1.34. The van der Waals surface area contributed by atoms with Gasteiger partial charge in [0.1, 0.15) is 0 Å². The maximum Gasteiger partial charge on any atom is 0.0547 e. The summed E-state index contributed by atoms with van der Waals surface area (Å²) in [4.78, 5) is 0. The third-order valence-electron chi connectivity index (χ3n) is 8.80. The van der Waals surface area contributed by atoms with Gasteiger partial charge in [0.05, 0.1) is 11.0 Å². The Labute approximate surface area is 235 Å². The van der Waals surface area contributed by atoms with Crippen molar-refractivity contribution in [1.82, 2.24) is 4.57 Å². The highest BCUT2D eigenvalue weighted by atomic mass is 15.0. The molecule has 1 aliphatic carbocycles. The summed E-state index contributed by atoms with van der Waals surface area (Å²) >= 11 is 0. The van der Waals surface area contributed by atoms with Gasteiger partial charge in [-0.25, -0.2) is 0 Å². The molecule has 7 aromatic rings. The summed E-state index contributed by atoms with van der Waals surface area (Å²) in [6.45, 7) is 4.73. The molecule has 1 heterocycles. The third-order valence-corrected chi connectivity index (χ3v) is 8.80. The van der Waals surface area contributed by atoms with Gasteiger partial charge in [-0.1, -0.05) is 129 Å². The van der Waals surface area contributed by atoms with E-state index in [4.69, 9.17) is 0 Å². The van der Waals surface area contributed by atoms with E-state index in [0.29, 0.717) is 0 Å². The van der Waals surface area contributed by atoms with Crippen molar-refractivity contribution in [3.63, 3.8) is 0 Å². The van der Waals surface area contributed by atoms with E-state index in [1.54, 1.807) is 0 Å². The molecule has 0 fully saturated rings. The summed E-state index contributed by atoms with van der Waals surface area (Å²) in [7, 11) is 0. The zero-order chi connectivity index (χ0) is 26.8. The largest absolute Gasteiger partial charge is 0.309 e. The highest BCUT2D eigenvalue weighted by Crippen LogP contribution is 2.52. The summed E-state index contributed by atoms with van der Waals surface area (Å²) < 4.78 is 2.42. The number of rotatable bonds is 3. The van der Waals surface area contributed by atoms with Crippen LogP contribution in [-0.2, 0) is 5.41 Å². The average molecular weight is 512 g/mol. The smallest absolute Gasteiger partial charge is 0.0547 e. The molecule has 0 bridgehead atoms. The topological polar surface area (TPSA) is 4.93 Å². The number of fused-ring (bicyclic) bond motifs is 6. The first-order valence-electron chi connectivity index (χ1n) is 14.0. The molecule has 0 aliphatic heterocycles. The van der Waals surface area contributed by atoms with Crippen LogP contribution in [-0.4, -0.2) is 4.57 Å². The van der Waals surface area contributed by atoms with Crippen molar-refractivity contribution in [1.29, 1.82) is 0 Å². The van der Waals surface area contributed by atoms with Crippen molar-refractivity contribution >= 4 is 21.8 Å². The second-order valence-electron chi connectivity index (χ2n) is 11.4. The summed E-state index contributed by atoms with van der Waals surface area (Å²) in [5.74, 6) is 0. The molecule has 1 heteroatoms. The molecule has 0 saturated heterocycles. The van der Waals surface area contributed by atoms with Crippen LogP contribution in [0.25, 0.3) is 60.9 Å². The Bertz CT molecular complexity index is 2060. The van der Waals surface area contributed by atoms with Crippen molar-refractivity contribution in [3.8, 4) is 39.1 Å². The molecule has 40 heavy (non-hydrogen) atoms. The fourth-order valence-corrected chi connectivity index (χ4v) is 6.94. The molecule has 1 nitrogen and oxygen atoms in total. The van der Waals surface area contributed by atoms with Crippen molar-refractivity contribution in [2.24, 2.45) is 0 Å². The van der Waals surface area contributed by atoms with Crippen LogP contribution in [0.1, 0.15) is 25.0 Å². The molecule has 190 valence electrons. The number of para-hydroxylation sites is 1. The molecule has 0 radical (unpaired) electrons. The van der Waals surface area contributed by atoms with Crippen LogP contribution in [0.2, 0.25) is 0 Å². The summed E-state index contributed by atoms with van der Waals surface area (Å²) in [6, 6.07) is 51.0. The highest BCUT2D eigenvalue weighted by molar-refractivity contribution is 6.10.